The van der Waals surface area contributed by atoms with Crippen LogP contribution in [-0.4, -0.2) is 14.8 Å². The fraction of sp³-hybridized carbons (Fsp3) is 0.556. The lowest BCUT2D eigenvalue weighted by Gasteiger charge is -2.20. The van der Waals surface area contributed by atoms with Crippen molar-refractivity contribution in [3.8, 4) is 0 Å². The number of nitrogens with zero attached hydrogens (tertiary/aromatic N) is 3. The molecule has 0 radical (unpaired) electrons. The average Bonchev–Trinajstić information content (AvgIpc) is 2.94. The van der Waals surface area contributed by atoms with Crippen LogP contribution in [0.2, 0.25) is 10.0 Å². The fourth-order valence-corrected chi connectivity index (χ4v) is 4.98. The van der Waals surface area contributed by atoms with Gasteiger partial charge in [0.25, 0.3) is 0 Å². The Labute approximate surface area is 158 Å². The first-order valence-electron chi connectivity index (χ1n) is 8.59. The summed E-state index contributed by atoms with van der Waals surface area (Å²) in [5.74, 6) is 2.65. The van der Waals surface area contributed by atoms with E-state index in [0.29, 0.717) is 15.8 Å². The highest BCUT2D eigenvalue weighted by molar-refractivity contribution is 7.98. The van der Waals surface area contributed by atoms with E-state index in [2.05, 4.69) is 14.8 Å². The zero-order valence-electron chi connectivity index (χ0n) is 14.0. The number of hydrogen-bond acceptors (Lipinski definition) is 3. The number of halogens is 2. The molecular formula is C18H23Cl2N3S. The maximum Gasteiger partial charge on any atom is 0.191 e. The largest absolute Gasteiger partial charge is 0.309 e. The van der Waals surface area contributed by atoms with Crippen LogP contribution in [0.1, 0.15) is 49.9 Å². The highest BCUT2D eigenvalue weighted by atomic mass is 35.5. The minimum atomic E-state index is 0.701. The van der Waals surface area contributed by atoms with Gasteiger partial charge in [-0.25, -0.2) is 0 Å². The van der Waals surface area contributed by atoms with E-state index < -0.39 is 0 Å². The summed E-state index contributed by atoms with van der Waals surface area (Å²) in [5, 5.41) is 11.1. The summed E-state index contributed by atoms with van der Waals surface area (Å²) in [7, 11) is 2.05. The molecule has 1 fully saturated rings. The number of thioether (sulfide) groups is 1. The molecule has 0 atom stereocenters. The summed E-state index contributed by atoms with van der Waals surface area (Å²) in [6.45, 7) is 0. The summed E-state index contributed by atoms with van der Waals surface area (Å²) >= 11 is 14.1. The number of benzene rings is 1. The summed E-state index contributed by atoms with van der Waals surface area (Å²) in [6.07, 6.45) is 9.20. The van der Waals surface area contributed by atoms with Crippen molar-refractivity contribution in [3.63, 3.8) is 0 Å². The lowest BCUT2D eigenvalue weighted by Crippen LogP contribution is -2.09. The van der Waals surface area contributed by atoms with Crippen LogP contribution in [-0.2, 0) is 19.2 Å². The number of aryl methyl sites for hydroxylation is 1. The quantitative estimate of drug-likeness (QED) is 0.579. The maximum absolute atomic E-state index is 6.24. The molecule has 1 aliphatic carbocycles. The van der Waals surface area contributed by atoms with E-state index in [0.717, 1.165) is 28.9 Å². The third kappa shape index (κ3) is 4.47. The van der Waals surface area contributed by atoms with Crippen LogP contribution >= 0.6 is 35.0 Å². The van der Waals surface area contributed by atoms with E-state index >= 15 is 0 Å². The van der Waals surface area contributed by atoms with Crippen molar-refractivity contribution in [1.82, 2.24) is 14.8 Å². The van der Waals surface area contributed by atoms with Gasteiger partial charge < -0.3 is 4.57 Å². The molecule has 6 heteroatoms. The average molecular weight is 384 g/mol. The first kappa shape index (κ1) is 18.1. The minimum Gasteiger partial charge on any atom is -0.309 e. The Bertz CT molecular complexity index is 661. The highest BCUT2D eigenvalue weighted by Gasteiger charge is 2.16. The molecule has 3 nitrogen and oxygen atoms in total. The molecule has 1 saturated carbocycles. The van der Waals surface area contributed by atoms with Crippen molar-refractivity contribution >= 4 is 35.0 Å². The molecule has 0 N–H and O–H groups in total. The molecular weight excluding hydrogens is 361 g/mol. The molecule has 2 aromatic rings. The lowest BCUT2D eigenvalue weighted by atomic mass is 9.86. The van der Waals surface area contributed by atoms with Crippen LogP contribution in [0.3, 0.4) is 0 Å². The maximum atomic E-state index is 6.24. The van der Waals surface area contributed by atoms with Crippen LogP contribution in [0.4, 0.5) is 0 Å². The van der Waals surface area contributed by atoms with Gasteiger partial charge in [0, 0.05) is 29.3 Å². The van der Waals surface area contributed by atoms with Crippen LogP contribution < -0.4 is 0 Å². The molecule has 130 valence electrons. The molecule has 0 saturated heterocycles. The summed E-state index contributed by atoms with van der Waals surface area (Å²) in [5.41, 5.74) is 0.956. The zero-order chi connectivity index (χ0) is 16.9. The van der Waals surface area contributed by atoms with Gasteiger partial charge in [-0.2, -0.15) is 0 Å². The van der Waals surface area contributed by atoms with Crippen LogP contribution in [0.25, 0.3) is 0 Å². The van der Waals surface area contributed by atoms with Gasteiger partial charge >= 0.3 is 0 Å². The predicted molar refractivity (Wildman–Crippen MR) is 102 cm³/mol. The van der Waals surface area contributed by atoms with Gasteiger partial charge in [0.15, 0.2) is 5.16 Å². The Hall–Kier alpha value is -0.710. The monoisotopic (exact) mass is 383 g/mol. The standard InChI is InChI=1S/C18H23Cl2N3S/c1-23-17(11-10-13-6-3-2-4-7-13)21-22-18(23)24-12-14-15(19)8-5-9-16(14)20/h5,8-9,13H,2-4,6-7,10-12H2,1H3. The van der Waals surface area contributed by atoms with E-state index in [-0.39, 0.29) is 0 Å². The summed E-state index contributed by atoms with van der Waals surface area (Å²) in [4.78, 5) is 0. The second-order valence-electron chi connectivity index (χ2n) is 6.49. The Morgan fingerprint density at radius 3 is 2.54 bits per heavy atom. The number of hydrogen-bond donors (Lipinski definition) is 0. The van der Waals surface area contributed by atoms with Crippen LogP contribution in [0, 0.1) is 5.92 Å². The number of aromatic nitrogens is 3. The molecule has 1 heterocycles. The number of rotatable bonds is 6. The first-order valence-corrected chi connectivity index (χ1v) is 10.3. The zero-order valence-corrected chi connectivity index (χ0v) is 16.3. The second kappa shape index (κ2) is 8.59. The van der Waals surface area contributed by atoms with E-state index in [1.165, 1.54) is 38.5 Å². The Kier molecular flexibility index (Phi) is 6.48. The SMILES string of the molecule is Cn1c(CCC2CCCCC2)nnc1SCc1c(Cl)cccc1Cl. The lowest BCUT2D eigenvalue weighted by molar-refractivity contribution is 0.336. The van der Waals surface area contributed by atoms with Crippen molar-refractivity contribution in [3.05, 3.63) is 39.6 Å². The molecule has 3 rings (SSSR count). The Morgan fingerprint density at radius 2 is 1.83 bits per heavy atom. The third-order valence-corrected chi connectivity index (χ3v) is 6.59. The Morgan fingerprint density at radius 1 is 1.12 bits per heavy atom. The normalized spacial score (nSPS) is 15.8. The summed E-state index contributed by atoms with van der Waals surface area (Å²) in [6, 6.07) is 5.61. The van der Waals surface area contributed by atoms with E-state index in [1.54, 1.807) is 11.8 Å². The van der Waals surface area contributed by atoms with Crippen molar-refractivity contribution in [2.75, 3.05) is 0 Å². The molecule has 0 bridgehead atoms. The topological polar surface area (TPSA) is 30.7 Å². The minimum absolute atomic E-state index is 0.701. The molecule has 0 aliphatic heterocycles. The van der Waals surface area contributed by atoms with Crippen molar-refractivity contribution < 1.29 is 0 Å². The molecule has 1 aromatic heterocycles. The highest BCUT2D eigenvalue weighted by Crippen LogP contribution is 2.31. The molecule has 24 heavy (non-hydrogen) atoms. The van der Waals surface area contributed by atoms with E-state index in [4.69, 9.17) is 23.2 Å². The molecule has 1 aliphatic rings. The van der Waals surface area contributed by atoms with E-state index in [1.807, 2.05) is 25.2 Å². The van der Waals surface area contributed by atoms with Gasteiger partial charge in [-0.1, -0.05) is 73.1 Å². The van der Waals surface area contributed by atoms with Gasteiger partial charge in [-0.15, -0.1) is 10.2 Å². The van der Waals surface area contributed by atoms with Crippen LogP contribution in [0.15, 0.2) is 23.4 Å². The van der Waals surface area contributed by atoms with Crippen molar-refractivity contribution in [1.29, 1.82) is 0 Å². The van der Waals surface area contributed by atoms with Crippen molar-refractivity contribution in [2.45, 2.75) is 55.9 Å². The molecule has 0 amide bonds. The summed E-state index contributed by atoms with van der Waals surface area (Å²) < 4.78 is 2.11. The molecule has 0 spiro atoms. The molecule has 1 aromatic carbocycles. The third-order valence-electron chi connectivity index (χ3n) is 4.83. The van der Waals surface area contributed by atoms with Crippen molar-refractivity contribution in [2.24, 2.45) is 13.0 Å². The van der Waals surface area contributed by atoms with Crippen LogP contribution in [0.5, 0.6) is 0 Å². The van der Waals surface area contributed by atoms with Gasteiger partial charge in [0.05, 0.1) is 0 Å². The predicted octanol–water partition coefficient (Wildman–Crippen LogP) is 5.93. The van der Waals surface area contributed by atoms with Gasteiger partial charge in [-0.3, -0.25) is 0 Å². The van der Waals surface area contributed by atoms with Gasteiger partial charge in [0.2, 0.25) is 0 Å². The van der Waals surface area contributed by atoms with E-state index in [9.17, 15) is 0 Å². The second-order valence-corrected chi connectivity index (χ2v) is 8.25. The first-order chi connectivity index (χ1) is 11.6. The Balaban J connectivity index is 1.58. The fourth-order valence-electron chi connectivity index (χ4n) is 3.30. The smallest absolute Gasteiger partial charge is 0.191 e. The molecule has 0 unspecified atom stereocenters. The van der Waals surface area contributed by atoms with Gasteiger partial charge in [0.1, 0.15) is 5.82 Å². The van der Waals surface area contributed by atoms with Gasteiger partial charge in [-0.05, 0) is 30.0 Å².